The smallest absolute Gasteiger partial charge is 0.349 e. The minimum absolute atomic E-state index is 0.114. The Labute approximate surface area is 128 Å². The number of carbonyl (C=O) groups excluding carboxylic acids is 1. The molecule has 3 aliphatic rings. The van der Waals surface area contributed by atoms with Crippen LogP contribution in [0.1, 0.15) is 25.7 Å². The van der Waals surface area contributed by atoms with Crippen LogP contribution in [0.3, 0.4) is 0 Å². The Morgan fingerprint density at radius 1 is 1.18 bits per heavy atom. The van der Waals surface area contributed by atoms with E-state index in [1.165, 1.54) is 6.08 Å². The van der Waals surface area contributed by atoms with Gasteiger partial charge in [-0.3, -0.25) is 4.79 Å². The van der Waals surface area contributed by atoms with E-state index in [9.17, 15) is 18.0 Å². The van der Waals surface area contributed by atoms with Crippen LogP contribution in [-0.2, 0) is 4.79 Å². The van der Waals surface area contributed by atoms with E-state index in [4.69, 9.17) is 0 Å². The predicted molar refractivity (Wildman–Crippen MR) is 77.1 cm³/mol. The minimum atomic E-state index is -4.02. The number of rotatable bonds is 4. The molecule has 3 atom stereocenters. The fourth-order valence-corrected chi connectivity index (χ4v) is 4.24. The Kier molecular flexibility index (Phi) is 4.23. The largest absolute Gasteiger partial charge is 0.391 e. The molecular weight excluding hydrogens is 293 g/mol. The number of piperidine rings is 1. The first kappa shape index (κ1) is 15.8. The van der Waals surface area contributed by atoms with Gasteiger partial charge in [0.15, 0.2) is 0 Å². The summed E-state index contributed by atoms with van der Waals surface area (Å²) in [5.74, 6) is 0.244. The van der Waals surface area contributed by atoms with Gasteiger partial charge in [-0.1, -0.05) is 6.58 Å². The second-order valence-corrected chi connectivity index (χ2v) is 7.04. The first-order valence-corrected chi connectivity index (χ1v) is 8.10. The van der Waals surface area contributed by atoms with Crippen molar-refractivity contribution in [2.24, 2.45) is 23.7 Å². The van der Waals surface area contributed by atoms with Gasteiger partial charge in [0.1, 0.15) is 0 Å². The summed E-state index contributed by atoms with van der Waals surface area (Å²) in [6, 6.07) is 0.280. The van der Waals surface area contributed by atoms with E-state index in [1.54, 1.807) is 0 Å². The van der Waals surface area contributed by atoms with Crippen LogP contribution in [0.25, 0.3) is 0 Å². The third-order valence-corrected chi connectivity index (χ3v) is 5.59. The zero-order chi connectivity index (χ0) is 15.9. The average molecular weight is 316 g/mol. The molecule has 1 amide bonds. The van der Waals surface area contributed by atoms with Gasteiger partial charge in [-0.25, -0.2) is 0 Å². The van der Waals surface area contributed by atoms with Crippen molar-refractivity contribution in [3.8, 4) is 0 Å². The Morgan fingerprint density at radius 3 is 2.27 bits per heavy atom. The molecule has 6 heteroatoms. The Hall–Kier alpha value is -1.04. The Balaban J connectivity index is 1.37. The van der Waals surface area contributed by atoms with Crippen LogP contribution in [0.2, 0.25) is 0 Å². The summed E-state index contributed by atoms with van der Waals surface area (Å²) >= 11 is 0. The first-order valence-electron chi connectivity index (χ1n) is 8.10. The summed E-state index contributed by atoms with van der Waals surface area (Å²) in [5, 5.41) is 2.94. The summed E-state index contributed by atoms with van der Waals surface area (Å²) in [7, 11) is 0. The van der Waals surface area contributed by atoms with Gasteiger partial charge in [-0.15, -0.1) is 0 Å². The van der Waals surface area contributed by atoms with Crippen molar-refractivity contribution >= 4 is 5.91 Å². The molecule has 3 fully saturated rings. The Morgan fingerprint density at radius 2 is 1.77 bits per heavy atom. The first-order chi connectivity index (χ1) is 10.4. The molecule has 2 aliphatic carbocycles. The molecular formula is C16H23F3N2O. The van der Waals surface area contributed by atoms with E-state index >= 15 is 0 Å². The third-order valence-electron chi connectivity index (χ3n) is 5.59. The van der Waals surface area contributed by atoms with Crippen molar-refractivity contribution in [1.82, 2.24) is 10.2 Å². The zero-order valence-corrected chi connectivity index (χ0v) is 12.6. The number of likely N-dealkylation sites (tertiary alicyclic amines) is 1. The number of nitrogens with zero attached hydrogens (tertiary/aromatic N) is 1. The van der Waals surface area contributed by atoms with Crippen molar-refractivity contribution in [1.29, 1.82) is 0 Å². The lowest BCUT2D eigenvalue weighted by atomic mass is 9.81. The molecule has 1 unspecified atom stereocenters. The second kappa shape index (κ2) is 5.87. The maximum absolute atomic E-state index is 12.7. The summed E-state index contributed by atoms with van der Waals surface area (Å²) < 4.78 is 38.0. The lowest BCUT2D eigenvalue weighted by molar-refractivity contribution is -0.184. The summed E-state index contributed by atoms with van der Waals surface area (Å²) in [5.41, 5.74) is 0. The van der Waals surface area contributed by atoms with Crippen LogP contribution < -0.4 is 5.32 Å². The number of alkyl halides is 3. The van der Waals surface area contributed by atoms with Gasteiger partial charge in [0.2, 0.25) is 5.91 Å². The van der Waals surface area contributed by atoms with Crippen LogP contribution in [0.15, 0.2) is 12.7 Å². The lowest BCUT2D eigenvalue weighted by Gasteiger charge is -2.32. The van der Waals surface area contributed by atoms with Crippen molar-refractivity contribution in [2.75, 3.05) is 19.6 Å². The van der Waals surface area contributed by atoms with E-state index in [0.717, 1.165) is 19.6 Å². The zero-order valence-electron chi connectivity index (χ0n) is 12.6. The predicted octanol–water partition coefficient (Wildman–Crippen LogP) is 2.59. The summed E-state index contributed by atoms with van der Waals surface area (Å²) in [6.45, 7) is 6.29. The van der Waals surface area contributed by atoms with Gasteiger partial charge in [-0.2, -0.15) is 13.2 Å². The van der Waals surface area contributed by atoms with Crippen molar-refractivity contribution in [2.45, 2.75) is 37.9 Å². The number of carbonyl (C=O) groups is 1. The standard InChI is InChI=1S/C16H23F3N2O/c1-2-14(22)20-15-12-8-21(9-13(12)15)7-10-3-5-11(6-4-10)16(17,18)19/h2,10-13,15H,1,3-9H2,(H,20,22)/t10?,11?,12-,13+,15?. The maximum atomic E-state index is 12.7. The number of nitrogens with one attached hydrogen (secondary N) is 1. The molecule has 22 heavy (non-hydrogen) atoms. The highest BCUT2D eigenvalue weighted by molar-refractivity contribution is 5.87. The van der Waals surface area contributed by atoms with Gasteiger partial charge < -0.3 is 10.2 Å². The molecule has 1 heterocycles. The van der Waals surface area contributed by atoms with Gasteiger partial charge in [-0.05, 0) is 49.5 Å². The fraction of sp³-hybridized carbons (Fsp3) is 0.812. The SMILES string of the molecule is C=CC(=O)NC1[C@H]2CN(CC3CCC(C(F)(F)F)CC3)C[C@@H]12. The van der Waals surface area contributed by atoms with Gasteiger partial charge in [0.05, 0.1) is 5.92 Å². The quantitative estimate of drug-likeness (QED) is 0.809. The second-order valence-electron chi connectivity index (χ2n) is 7.04. The number of hydrogen-bond acceptors (Lipinski definition) is 2. The number of halogens is 3. The number of fused-ring (bicyclic) bond motifs is 1. The van der Waals surface area contributed by atoms with Crippen LogP contribution in [-0.4, -0.2) is 42.7 Å². The van der Waals surface area contributed by atoms with Crippen LogP contribution in [0, 0.1) is 23.7 Å². The third kappa shape index (κ3) is 3.31. The average Bonchev–Trinajstić information content (AvgIpc) is 2.92. The molecule has 3 rings (SSSR count). The monoisotopic (exact) mass is 316 g/mol. The van der Waals surface area contributed by atoms with Gasteiger partial charge in [0.25, 0.3) is 0 Å². The summed E-state index contributed by atoms with van der Waals surface area (Å²) in [6.07, 6.45) is -0.777. The van der Waals surface area contributed by atoms with Gasteiger partial charge >= 0.3 is 6.18 Å². The van der Waals surface area contributed by atoms with Crippen LogP contribution >= 0.6 is 0 Å². The van der Waals surface area contributed by atoms with E-state index in [1.807, 2.05) is 0 Å². The molecule has 1 saturated heterocycles. The van der Waals surface area contributed by atoms with E-state index in [2.05, 4.69) is 16.8 Å². The molecule has 0 bridgehead atoms. The van der Waals surface area contributed by atoms with Crippen molar-refractivity contribution in [3.63, 3.8) is 0 Å². The number of amides is 1. The van der Waals surface area contributed by atoms with Crippen molar-refractivity contribution in [3.05, 3.63) is 12.7 Å². The molecule has 3 nitrogen and oxygen atoms in total. The maximum Gasteiger partial charge on any atom is 0.391 e. The molecule has 0 radical (unpaired) electrons. The molecule has 1 aliphatic heterocycles. The van der Waals surface area contributed by atoms with Crippen molar-refractivity contribution < 1.29 is 18.0 Å². The minimum Gasteiger partial charge on any atom is -0.349 e. The molecule has 0 aromatic carbocycles. The molecule has 1 N–H and O–H groups in total. The topological polar surface area (TPSA) is 32.3 Å². The number of hydrogen-bond donors (Lipinski definition) is 1. The highest BCUT2D eigenvalue weighted by atomic mass is 19.4. The van der Waals surface area contributed by atoms with Gasteiger partial charge in [0, 0.05) is 25.7 Å². The van der Waals surface area contributed by atoms with E-state index in [-0.39, 0.29) is 24.8 Å². The Bertz CT molecular complexity index is 431. The molecule has 0 spiro atoms. The van der Waals surface area contributed by atoms with E-state index in [0.29, 0.717) is 30.6 Å². The molecule has 2 saturated carbocycles. The normalized spacial score (nSPS) is 38.4. The van der Waals surface area contributed by atoms with E-state index < -0.39 is 12.1 Å². The summed E-state index contributed by atoms with van der Waals surface area (Å²) in [4.78, 5) is 13.6. The molecule has 124 valence electrons. The highest BCUT2D eigenvalue weighted by Gasteiger charge is 2.56. The highest BCUT2D eigenvalue weighted by Crippen LogP contribution is 2.46. The lowest BCUT2D eigenvalue weighted by Crippen LogP contribution is -2.37. The fourth-order valence-electron chi connectivity index (χ4n) is 4.24. The van der Waals surface area contributed by atoms with Crippen LogP contribution in [0.5, 0.6) is 0 Å². The molecule has 0 aromatic rings. The van der Waals surface area contributed by atoms with Crippen LogP contribution in [0.4, 0.5) is 13.2 Å². The molecule has 0 aromatic heterocycles.